The Kier molecular flexibility index (Phi) is 6.65. The van der Waals surface area contributed by atoms with Crippen LogP contribution in [0.3, 0.4) is 0 Å². The van der Waals surface area contributed by atoms with Crippen molar-refractivity contribution >= 4 is 8.46 Å². The third kappa shape index (κ3) is 3.67. The number of rotatable bonds is 7. The lowest BCUT2D eigenvalue weighted by Gasteiger charge is -2.29. The normalized spacial score (nSPS) is 12.2. The Labute approximate surface area is 78.1 Å². The summed E-state index contributed by atoms with van der Waals surface area (Å²) in [6.07, 6.45) is 7.08. The van der Waals surface area contributed by atoms with Gasteiger partial charge in [-0.1, -0.05) is 44.6 Å². The van der Waals surface area contributed by atoms with Gasteiger partial charge in [0.2, 0.25) is 0 Å². The molecule has 0 aromatic carbocycles. The highest BCUT2D eigenvalue weighted by molar-refractivity contribution is 7.23. The molecule has 0 saturated carbocycles. The second-order valence-corrected chi connectivity index (χ2v) is 4.35. The van der Waals surface area contributed by atoms with E-state index in [1.165, 1.54) is 25.7 Å². The maximum absolute atomic E-state index is 10.3. The van der Waals surface area contributed by atoms with E-state index in [0.29, 0.717) is 5.41 Å². The summed E-state index contributed by atoms with van der Waals surface area (Å²) in [5, 5.41) is 0. The summed E-state index contributed by atoms with van der Waals surface area (Å²) in [5.74, 6) is 0. The predicted octanol–water partition coefficient (Wildman–Crippen LogP) is 4.01. The molecule has 0 spiro atoms. The molecule has 0 aromatic heterocycles. The summed E-state index contributed by atoms with van der Waals surface area (Å²) >= 11 is 0. The molecular formula is C10H22OP+. The lowest BCUT2D eigenvalue weighted by atomic mass is 9.76. The summed E-state index contributed by atoms with van der Waals surface area (Å²) in [6.45, 7) is 6.81. The fourth-order valence-electron chi connectivity index (χ4n) is 1.82. The van der Waals surface area contributed by atoms with Crippen molar-refractivity contribution in [3.63, 3.8) is 0 Å². The van der Waals surface area contributed by atoms with Gasteiger partial charge in [0.1, 0.15) is 6.16 Å². The third-order valence-corrected chi connectivity index (χ3v) is 3.79. The molecule has 0 heterocycles. The summed E-state index contributed by atoms with van der Waals surface area (Å²) < 4.78 is 10.3. The zero-order valence-corrected chi connectivity index (χ0v) is 9.65. The standard InChI is InChI=1S/C10H21OP/c1-4-10(5-2,6-3)8-7-9-12-11/h4-9H2,1-3H3/p+1. The number of hydrogen-bond acceptors (Lipinski definition) is 1. The van der Waals surface area contributed by atoms with Crippen LogP contribution in [-0.4, -0.2) is 6.16 Å². The SMILES string of the molecule is CCC(CC)(CC)CCC[PH+]=O. The molecule has 0 aliphatic carbocycles. The van der Waals surface area contributed by atoms with Gasteiger partial charge < -0.3 is 0 Å². The highest BCUT2D eigenvalue weighted by Gasteiger charge is 2.23. The van der Waals surface area contributed by atoms with Crippen LogP contribution in [0.25, 0.3) is 0 Å². The first-order valence-electron chi connectivity index (χ1n) is 5.09. The van der Waals surface area contributed by atoms with E-state index in [9.17, 15) is 4.57 Å². The van der Waals surface area contributed by atoms with Gasteiger partial charge in [-0.2, -0.15) is 0 Å². The maximum Gasteiger partial charge on any atom is 0.324 e. The monoisotopic (exact) mass is 189 g/mol. The van der Waals surface area contributed by atoms with Gasteiger partial charge in [-0.15, -0.1) is 0 Å². The molecule has 0 aromatic rings. The molecule has 0 bridgehead atoms. The smallest absolute Gasteiger partial charge is 0.0775 e. The molecule has 0 fully saturated rings. The fourth-order valence-corrected chi connectivity index (χ4v) is 2.14. The first-order valence-corrected chi connectivity index (χ1v) is 6.21. The molecule has 0 saturated heterocycles. The minimum absolute atomic E-state index is 0.102. The van der Waals surface area contributed by atoms with Gasteiger partial charge >= 0.3 is 8.46 Å². The molecule has 0 aliphatic rings. The van der Waals surface area contributed by atoms with Crippen LogP contribution in [-0.2, 0) is 4.57 Å². The highest BCUT2D eigenvalue weighted by atomic mass is 31.1. The molecule has 1 atom stereocenters. The molecule has 2 heteroatoms. The Morgan fingerprint density at radius 1 is 1.08 bits per heavy atom. The van der Waals surface area contributed by atoms with E-state index in [0.717, 1.165) is 12.6 Å². The Morgan fingerprint density at radius 3 is 1.92 bits per heavy atom. The maximum atomic E-state index is 10.3. The molecule has 0 radical (unpaired) electrons. The van der Waals surface area contributed by atoms with Crippen LogP contribution < -0.4 is 0 Å². The zero-order chi connectivity index (χ0) is 9.45. The fraction of sp³-hybridized carbons (Fsp3) is 1.00. The summed E-state index contributed by atoms with van der Waals surface area (Å²) in [7, 11) is -0.102. The van der Waals surface area contributed by atoms with Gasteiger partial charge in [0.15, 0.2) is 0 Å². The van der Waals surface area contributed by atoms with Crippen molar-refractivity contribution in [2.24, 2.45) is 5.41 Å². The molecule has 0 amide bonds. The van der Waals surface area contributed by atoms with Gasteiger partial charge in [0.25, 0.3) is 0 Å². The lowest BCUT2D eigenvalue weighted by molar-refractivity contribution is 0.227. The first-order chi connectivity index (χ1) is 5.74. The topological polar surface area (TPSA) is 17.1 Å². The Hall–Kier alpha value is 0.100. The highest BCUT2D eigenvalue weighted by Crippen LogP contribution is 2.35. The average molecular weight is 189 g/mol. The molecule has 12 heavy (non-hydrogen) atoms. The van der Waals surface area contributed by atoms with Crippen LogP contribution in [0.4, 0.5) is 0 Å². The quantitative estimate of drug-likeness (QED) is 0.437. The van der Waals surface area contributed by atoms with Crippen LogP contribution in [0.2, 0.25) is 0 Å². The van der Waals surface area contributed by atoms with Crippen molar-refractivity contribution in [3.05, 3.63) is 0 Å². The van der Waals surface area contributed by atoms with Crippen molar-refractivity contribution < 1.29 is 4.57 Å². The summed E-state index contributed by atoms with van der Waals surface area (Å²) in [5.41, 5.74) is 0.541. The first kappa shape index (κ1) is 12.1. The van der Waals surface area contributed by atoms with E-state index < -0.39 is 0 Å². The molecular weight excluding hydrogens is 167 g/mol. The van der Waals surface area contributed by atoms with Gasteiger partial charge in [-0.3, -0.25) is 0 Å². The largest absolute Gasteiger partial charge is 0.324 e. The minimum Gasteiger partial charge on any atom is -0.0775 e. The minimum atomic E-state index is -0.102. The van der Waals surface area contributed by atoms with Crippen molar-refractivity contribution in [3.8, 4) is 0 Å². The average Bonchev–Trinajstić information content (AvgIpc) is 2.14. The molecule has 0 rings (SSSR count). The van der Waals surface area contributed by atoms with Crippen molar-refractivity contribution in [2.75, 3.05) is 6.16 Å². The summed E-state index contributed by atoms with van der Waals surface area (Å²) in [6, 6.07) is 0. The summed E-state index contributed by atoms with van der Waals surface area (Å²) in [4.78, 5) is 0. The molecule has 72 valence electrons. The van der Waals surface area contributed by atoms with Crippen LogP contribution in [0.5, 0.6) is 0 Å². The Morgan fingerprint density at radius 2 is 1.58 bits per heavy atom. The lowest BCUT2D eigenvalue weighted by Crippen LogP contribution is -2.17. The van der Waals surface area contributed by atoms with E-state index in [1.807, 2.05) is 0 Å². The van der Waals surface area contributed by atoms with Gasteiger partial charge in [-0.25, -0.2) is 0 Å². The van der Waals surface area contributed by atoms with Crippen LogP contribution in [0, 0.1) is 5.41 Å². The number of hydrogen-bond donors (Lipinski definition) is 0. The van der Waals surface area contributed by atoms with Crippen molar-refractivity contribution in [1.29, 1.82) is 0 Å². The third-order valence-electron chi connectivity index (χ3n) is 3.24. The second kappa shape index (κ2) is 6.60. The van der Waals surface area contributed by atoms with E-state index in [1.54, 1.807) is 0 Å². The van der Waals surface area contributed by atoms with Crippen molar-refractivity contribution in [2.45, 2.75) is 52.9 Å². The van der Waals surface area contributed by atoms with E-state index >= 15 is 0 Å². The van der Waals surface area contributed by atoms with Crippen LogP contribution in [0.1, 0.15) is 52.9 Å². The van der Waals surface area contributed by atoms with Gasteiger partial charge in [0, 0.05) is 0 Å². The van der Waals surface area contributed by atoms with E-state index in [2.05, 4.69) is 20.8 Å². The Balaban J connectivity index is 3.84. The predicted molar refractivity (Wildman–Crippen MR) is 56.4 cm³/mol. The molecule has 1 unspecified atom stereocenters. The molecule has 0 aliphatic heterocycles. The van der Waals surface area contributed by atoms with Gasteiger partial charge in [0.05, 0.1) is 0 Å². The van der Waals surface area contributed by atoms with Crippen LogP contribution in [0.15, 0.2) is 0 Å². The van der Waals surface area contributed by atoms with Crippen LogP contribution >= 0.6 is 8.46 Å². The van der Waals surface area contributed by atoms with Gasteiger partial charge in [-0.05, 0) is 18.3 Å². The molecule has 1 nitrogen and oxygen atoms in total. The van der Waals surface area contributed by atoms with Crippen molar-refractivity contribution in [1.82, 2.24) is 0 Å². The Bertz CT molecular complexity index is 111. The second-order valence-electron chi connectivity index (χ2n) is 3.56. The van der Waals surface area contributed by atoms with E-state index in [-0.39, 0.29) is 8.46 Å². The van der Waals surface area contributed by atoms with E-state index in [4.69, 9.17) is 0 Å². The zero-order valence-electron chi connectivity index (χ0n) is 8.65. The molecule has 0 N–H and O–H groups in total.